The third-order valence-electron chi connectivity index (χ3n) is 18.2. The van der Waals surface area contributed by atoms with Crippen LogP contribution in [0.1, 0.15) is 55.1 Å². The molecule has 2 aromatic heterocycles. The van der Waals surface area contributed by atoms with Crippen molar-refractivity contribution in [3.05, 3.63) is 339 Å². The minimum Gasteiger partial charge on any atom is -0.311 e. The van der Waals surface area contributed by atoms with Crippen LogP contribution in [0.5, 0.6) is 0 Å². The number of anilines is 9. The zero-order chi connectivity index (χ0) is 80.9. The van der Waals surface area contributed by atoms with Gasteiger partial charge in [-0.3, -0.25) is 0 Å². The van der Waals surface area contributed by atoms with Crippen LogP contribution in [0.25, 0.3) is 88.4 Å². The fraction of sp³-hybridized carbons (Fsp3) is 0.0455. The van der Waals surface area contributed by atoms with Crippen LogP contribution in [0.2, 0.25) is 0 Å². The monoisotopic (exact) mass is 1220 g/mol. The minimum atomic E-state index is -0.739. The zero-order valence-corrected chi connectivity index (χ0v) is 50.9. The summed E-state index contributed by atoms with van der Waals surface area (Å²) in [6.45, 7) is 5.66. The summed E-state index contributed by atoms with van der Waals surface area (Å²) < 4.78 is 197. The second-order valence-electron chi connectivity index (χ2n) is 24.5. The Bertz CT molecular complexity index is 6690. The van der Waals surface area contributed by atoms with Crippen LogP contribution in [0.4, 0.5) is 51.2 Å². The molecule has 16 aromatic rings. The number of aromatic nitrogens is 2. The number of nitrogens with zero attached hydrogens (tertiary/aromatic N) is 5. The molecule has 0 saturated carbocycles. The summed E-state index contributed by atoms with van der Waals surface area (Å²) in [4.78, 5) is 6.02. The molecule has 0 atom stereocenters. The van der Waals surface area contributed by atoms with Crippen molar-refractivity contribution in [3.63, 3.8) is 0 Å². The van der Waals surface area contributed by atoms with Crippen molar-refractivity contribution < 1.29 is 28.8 Å². The average Bonchev–Trinajstić information content (AvgIpc) is 1.56. The van der Waals surface area contributed by atoms with E-state index in [1.165, 1.54) is 9.13 Å². The summed E-state index contributed by atoms with van der Waals surface area (Å²) >= 11 is 0. The molecule has 0 fully saturated rings. The van der Waals surface area contributed by atoms with Gasteiger partial charge in [0.05, 0.1) is 56.5 Å². The van der Waals surface area contributed by atoms with E-state index in [2.05, 4.69) is 85.2 Å². The average molecular weight is 1220 g/mol. The first kappa shape index (κ1) is 37.5. The van der Waals surface area contributed by atoms with Gasteiger partial charge in [0, 0.05) is 89.5 Å². The van der Waals surface area contributed by atoms with E-state index < -0.39 is 139 Å². The van der Waals surface area contributed by atoms with Crippen LogP contribution in [0.3, 0.4) is 0 Å². The molecular formula is C88H64BN5. The first-order chi connectivity index (χ1) is 55.0. The Balaban J connectivity index is 0.964. The summed E-state index contributed by atoms with van der Waals surface area (Å²) in [6, 6.07) is 54.9. The van der Waals surface area contributed by atoms with Crippen LogP contribution in [0, 0.1) is 0 Å². The molecule has 18 rings (SSSR count). The third kappa shape index (κ3) is 8.85. The molecule has 0 spiro atoms. The Hall–Kier alpha value is -11.9. The first-order valence-corrected chi connectivity index (χ1v) is 31.0. The number of fused-ring (bicyclic) bond motifs is 10. The molecule has 94 heavy (non-hydrogen) atoms. The maximum absolute atomic E-state index is 9.80. The largest absolute Gasteiger partial charge is 0.311 e. The molecular weight excluding hydrogens is 1140 g/mol. The second-order valence-corrected chi connectivity index (χ2v) is 24.5. The number of benzene rings is 14. The highest BCUT2D eigenvalue weighted by Crippen LogP contribution is 2.53. The van der Waals surface area contributed by atoms with E-state index in [1.807, 2.05) is 127 Å². The molecule has 0 saturated heterocycles. The Kier molecular flexibility index (Phi) is 8.74. The molecule has 0 bridgehead atoms. The number of para-hydroxylation sites is 6. The zero-order valence-electron chi connectivity index (χ0n) is 71.9. The highest BCUT2D eigenvalue weighted by molar-refractivity contribution is 7.00. The van der Waals surface area contributed by atoms with Crippen LogP contribution in [-0.2, 0) is 5.41 Å². The van der Waals surface area contributed by atoms with Crippen LogP contribution in [-0.4, -0.2) is 15.8 Å². The van der Waals surface area contributed by atoms with Crippen molar-refractivity contribution in [1.82, 2.24) is 9.13 Å². The van der Waals surface area contributed by atoms with Gasteiger partial charge in [-0.25, -0.2) is 0 Å². The van der Waals surface area contributed by atoms with E-state index in [-0.39, 0.29) is 60.7 Å². The topological polar surface area (TPSA) is 19.6 Å². The van der Waals surface area contributed by atoms with Crippen LogP contribution >= 0.6 is 0 Å². The molecule has 2 aliphatic heterocycles. The summed E-state index contributed by atoms with van der Waals surface area (Å²) in [5, 5.41) is -0.432. The van der Waals surface area contributed by atoms with E-state index in [9.17, 15) is 16.4 Å². The van der Waals surface area contributed by atoms with Gasteiger partial charge >= 0.3 is 0 Å². The lowest BCUT2D eigenvalue weighted by atomic mass is 9.33. The standard InChI is InChI=1S/C88H64BN5/c1-88(2,3)63-55-84-86-85(56-63)94(87-70(60-28-10-5-11-29-60)40-25-41-71(87)61-30-12-6-13-31-61)83-58-69(92-80-44-22-18-38-74(80)75-39-19-23-45-81(75)92)51-53-77(83)89(86)76-52-50-68(57-82(76)93(84)67-35-24-32-62(54-67)59-26-8-4-9-27-59)90(64-33-14-7-15-34-64)65-46-48-66(49-47-65)91-78-42-20-16-36-72(78)73-37-17-21-43-79(73)91/h4-58H,1-3H3/i7D,14D,15D,16D,17D,18D,19D,20D,21D,22D,23D,33D,34D,36D,37D,38D,39D,42D,43D,44D,45D. The Morgan fingerprint density at radius 1 is 0.330 bits per heavy atom. The Morgan fingerprint density at radius 3 is 1.33 bits per heavy atom. The molecule has 4 heterocycles. The summed E-state index contributed by atoms with van der Waals surface area (Å²) in [7, 11) is 0. The fourth-order valence-electron chi connectivity index (χ4n) is 14.0. The van der Waals surface area contributed by atoms with Crippen molar-refractivity contribution in [2.24, 2.45) is 0 Å². The number of hydrogen-bond donors (Lipinski definition) is 0. The highest BCUT2D eigenvalue weighted by atomic mass is 15.2. The van der Waals surface area contributed by atoms with Gasteiger partial charge in [0.25, 0.3) is 6.71 Å². The van der Waals surface area contributed by atoms with Gasteiger partial charge in [0.15, 0.2) is 0 Å². The quantitative estimate of drug-likeness (QED) is 0.127. The molecule has 444 valence electrons. The van der Waals surface area contributed by atoms with Crippen molar-refractivity contribution in [2.75, 3.05) is 14.7 Å². The van der Waals surface area contributed by atoms with Gasteiger partial charge in [0.2, 0.25) is 0 Å². The van der Waals surface area contributed by atoms with Crippen LogP contribution in [0.15, 0.2) is 333 Å². The predicted molar refractivity (Wildman–Crippen MR) is 399 cm³/mol. The fourth-order valence-corrected chi connectivity index (χ4v) is 14.0. The molecule has 0 amide bonds. The molecule has 6 heteroatoms. The molecule has 14 aromatic carbocycles. The van der Waals surface area contributed by atoms with E-state index in [1.54, 1.807) is 29.2 Å². The third-order valence-corrected chi connectivity index (χ3v) is 18.2. The highest BCUT2D eigenvalue weighted by Gasteiger charge is 2.45. The number of hydrogen-bond acceptors (Lipinski definition) is 3. The maximum atomic E-state index is 9.80. The molecule has 2 aliphatic rings. The van der Waals surface area contributed by atoms with Crippen molar-refractivity contribution in [3.8, 4) is 44.8 Å². The summed E-state index contributed by atoms with van der Waals surface area (Å²) in [5.74, 6) is 0. The molecule has 0 aliphatic carbocycles. The van der Waals surface area contributed by atoms with E-state index in [0.717, 1.165) is 72.4 Å². The molecule has 0 radical (unpaired) electrons. The maximum Gasteiger partial charge on any atom is 0.252 e. The van der Waals surface area contributed by atoms with E-state index in [0.29, 0.717) is 28.4 Å². The predicted octanol–water partition coefficient (Wildman–Crippen LogP) is 21.7. The summed E-state index contributed by atoms with van der Waals surface area (Å²) in [5.41, 5.74) is 12.2. The summed E-state index contributed by atoms with van der Waals surface area (Å²) in [6.07, 6.45) is 0. The second kappa shape index (κ2) is 21.9. The Morgan fingerprint density at radius 2 is 0.777 bits per heavy atom. The van der Waals surface area contributed by atoms with Gasteiger partial charge in [-0.05, 0) is 159 Å². The van der Waals surface area contributed by atoms with Crippen molar-refractivity contribution >= 4 is 118 Å². The first-order valence-electron chi connectivity index (χ1n) is 41.5. The molecule has 5 nitrogen and oxygen atoms in total. The lowest BCUT2D eigenvalue weighted by Gasteiger charge is -2.46. The van der Waals surface area contributed by atoms with Crippen LogP contribution < -0.4 is 31.1 Å². The van der Waals surface area contributed by atoms with Gasteiger partial charge in [0.1, 0.15) is 0 Å². The minimum absolute atomic E-state index is 0.0664. The van der Waals surface area contributed by atoms with Crippen molar-refractivity contribution in [1.29, 1.82) is 0 Å². The lowest BCUT2D eigenvalue weighted by molar-refractivity contribution is 0.590. The Labute approximate surface area is 578 Å². The van der Waals surface area contributed by atoms with E-state index >= 15 is 0 Å². The molecule has 0 N–H and O–H groups in total. The van der Waals surface area contributed by atoms with Gasteiger partial charge in [-0.15, -0.1) is 0 Å². The van der Waals surface area contributed by atoms with E-state index in [4.69, 9.17) is 12.3 Å². The lowest BCUT2D eigenvalue weighted by Crippen LogP contribution is -2.61. The van der Waals surface area contributed by atoms with Crippen molar-refractivity contribution in [2.45, 2.75) is 26.2 Å². The van der Waals surface area contributed by atoms with Gasteiger partial charge in [-0.1, -0.05) is 245 Å². The van der Waals surface area contributed by atoms with Gasteiger partial charge < -0.3 is 23.8 Å². The smallest absolute Gasteiger partial charge is 0.252 e. The normalized spacial score (nSPS) is 15.7. The van der Waals surface area contributed by atoms with Gasteiger partial charge in [-0.2, -0.15) is 0 Å². The number of rotatable bonds is 10. The molecule has 0 unspecified atom stereocenters. The SMILES string of the molecule is [2H]c1c([2H])c([2H])c(N(c2ccc(-n3c4c([2H])c([2H])c([2H])c([2H])c4c4c([2H])c([2H])c([2H])c([2H])c43)cc2)c2ccc3c(c2)N(c2cccc(-c4ccccc4)c2)c2cc(C(C)(C)C)cc4c2B3c2ccc(-n3c5c([2H])c([2H])c([2H])c([2H])c5c5c([2H])c([2H])c([2H])c([2H])c53)cc2N4c2c(-c3ccccc3)cccc2-c2ccccc2)c([2H])c1[2H].